The molecule has 0 fully saturated rings. The number of hydrogen-bond donors (Lipinski definition) is 2. The highest BCUT2D eigenvalue weighted by Gasteiger charge is 2.10. The van der Waals surface area contributed by atoms with Gasteiger partial charge >= 0.3 is 0 Å². The summed E-state index contributed by atoms with van der Waals surface area (Å²) in [5, 5.41) is 12.5. The lowest BCUT2D eigenvalue weighted by molar-refractivity contribution is 1.04. The minimum Gasteiger partial charge on any atom is -0.368 e. The normalized spacial score (nSPS) is 11.0. The second-order valence-electron chi connectivity index (χ2n) is 5.06. The predicted octanol–water partition coefficient (Wildman–Crippen LogP) is 4.02. The van der Waals surface area contributed by atoms with Crippen LogP contribution in [0.3, 0.4) is 0 Å². The summed E-state index contributed by atoms with van der Waals surface area (Å²) >= 11 is 3.41. The van der Waals surface area contributed by atoms with Crippen LogP contribution >= 0.6 is 15.9 Å². The molecule has 1 aromatic heterocycles. The maximum Gasteiger partial charge on any atom is 0.232 e. The summed E-state index contributed by atoms with van der Waals surface area (Å²) in [6, 6.07) is 19.1. The minimum absolute atomic E-state index is 0.0406. The first-order valence-corrected chi connectivity index (χ1v) is 8.15. The van der Waals surface area contributed by atoms with Gasteiger partial charge in [0.1, 0.15) is 6.07 Å². The Balaban J connectivity index is 1.96. The SMILES string of the molecule is N#CC(=Cc1cccc(Br)c1)c1nc(N)nc(Nc2ccccc2)n1. The molecule has 0 aliphatic heterocycles. The maximum absolute atomic E-state index is 9.49. The second-order valence-corrected chi connectivity index (χ2v) is 5.97. The molecule has 0 bridgehead atoms. The van der Waals surface area contributed by atoms with Gasteiger partial charge in [0.05, 0.1) is 5.57 Å². The molecule has 3 N–H and O–H groups in total. The molecular formula is C18H13BrN6. The molecule has 3 aromatic rings. The van der Waals surface area contributed by atoms with E-state index in [-0.39, 0.29) is 17.7 Å². The predicted molar refractivity (Wildman–Crippen MR) is 102 cm³/mol. The van der Waals surface area contributed by atoms with Gasteiger partial charge in [0.25, 0.3) is 0 Å². The summed E-state index contributed by atoms with van der Waals surface area (Å²) < 4.78 is 0.917. The first-order chi connectivity index (χ1) is 12.1. The number of hydrogen-bond acceptors (Lipinski definition) is 6. The van der Waals surface area contributed by atoms with Crippen LogP contribution in [-0.4, -0.2) is 15.0 Å². The number of rotatable bonds is 4. The first-order valence-electron chi connectivity index (χ1n) is 7.35. The van der Waals surface area contributed by atoms with Gasteiger partial charge in [-0.15, -0.1) is 0 Å². The monoisotopic (exact) mass is 392 g/mol. The van der Waals surface area contributed by atoms with Gasteiger partial charge in [-0.25, -0.2) is 0 Å². The van der Waals surface area contributed by atoms with Crippen LogP contribution in [0, 0.1) is 11.3 Å². The summed E-state index contributed by atoms with van der Waals surface area (Å²) in [7, 11) is 0. The van der Waals surface area contributed by atoms with E-state index < -0.39 is 0 Å². The summed E-state index contributed by atoms with van der Waals surface area (Å²) in [5.74, 6) is 0.538. The molecule has 0 aliphatic rings. The van der Waals surface area contributed by atoms with Crippen molar-refractivity contribution in [2.24, 2.45) is 0 Å². The average molecular weight is 393 g/mol. The molecule has 3 rings (SSSR count). The van der Waals surface area contributed by atoms with Crippen molar-refractivity contribution in [2.45, 2.75) is 0 Å². The Morgan fingerprint density at radius 3 is 2.60 bits per heavy atom. The third-order valence-corrected chi connectivity index (χ3v) is 3.70. The van der Waals surface area contributed by atoms with Crippen molar-refractivity contribution in [2.75, 3.05) is 11.1 Å². The van der Waals surface area contributed by atoms with Gasteiger partial charge in [-0.05, 0) is 35.9 Å². The molecule has 0 atom stereocenters. The molecule has 0 radical (unpaired) electrons. The Bertz CT molecular complexity index is 963. The van der Waals surface area contributed by atoms with E-state index in [0.717, 1.165) is 15.7 Å². The zero-order valence-electron chi connectivity index (χ0n) is 13.0. The summed E-state index contributed by atoms with van der Waals surface area (Å²) in [6.07, 6.45) is 1.70. The van der Waals surface area contributed by atoms with Crippen LogP contribution in [-0.2, 0) is 0 Å². The van der Waals surface area contributed by atoms with Crippen molar-refractivity contribution in [1.29, 1.82) is 5.26 Å². The molecule has 0 saturated heterocycles. The van der Waals surface area contributed by atoms with Gasteiger partial charge in [-0.1, -0.05) is 46.3 Å². The highest BCUT2D eigenvalue weighted by atomic mass is 79.9. The fraction of sp³-hybridized carbons (Fsp3) is 0. The Morgan fingerprint density at radius 1 is 1.08 bits per heavy atom. The van der Waals surface area contributed by atoms with E-state index in [0.29, 0.717) is 5.57 Å². The molecule has 0 unspecified atom stereocenters. The van der Waals surface area contributed by atoms with Crippen LogP contribution in [0.1, 0.15) is 11.4 Å². The number of aromatic nitrogens is 3. The molecule has 0 aliphatic carbocycles. The fourth-order valence-corrected chi connectivity index (χ4v) is 2.55. The Labute approximate surface area is 153 Å². The number of nitrogen functional groups attached to an aromatic ring is 1. The zero-order chi connectivity index (χ0) is 17.6. The van der Waals surface area contributed by atoms with E-state index in [9.17, 15) is 5.26 Å². The molecule has 25 heavy (non-hydrogen) atoms. The van der Waals surface area contributed by atoms with Crippen molar-refractivity contribution in [3.63, 3.8) is 0 Å². The van der Waals surface area contributed by atoms with Crippen molar-refractivity contribution in [3.8, 4) is 6.07 Å². The molecule has 122 valence electrons. The number of nitriles is 1. The molecule has 2 aromatic carbocycles. The van der Waals surface area contributed by atoms with Crippen LogP contribution in [0.25, 0.3) is 11.6 Å². The molecule has 0 spiro atoms. The highest BCUT2D eigenvalue weighted by molar-refractivity contribution is 9.10. The highest BCUT2D eigenvalue weighted by Crippen LogP contribution is 2.20. The van der Waals surface area contributed by atoms with Gasteiger partial charge in [0, 0.05) is 10.2 Å². The molecule has 7 heteroatoms. The van der Waals surface area contributed by atoms with Crippen molar-refractivity contribution in [1.82, 2.24) is 15.0 Å². The fourth-order valence-electron chi connectivity index (χ4n) is 2.13. The van der Waals surface area contributed by atoms with Gasteiger partial charge in [-0.3, -0.25) is 0 Å². The topological polar surface area (TPSA) is 101 Å². The standard InChI is InChI=1S/C18H13BrN6/c19-14-6-4-5-12(10-14)9-13(11-20)16-23-17(21)25-18(24-16)22-15-7-2-1-3-8-15/h1-10H,(H3,21,22,23,24,25). The quantitative estimate of drug-likeness (QED) is 0.650. The first kappa shape index (κ1) is 16.6. The number of nitrogens with one attached hydrogen (secondary N) is 1. The lowest BCUT2D eigenvalue weighted by Gasteiger charge is -2.07. The van der Waals surface area contributed by atoms with Gasteiger partial charge in [0.2, 0.25) is 11.9 Å². The van der Waals surface area contributed by atoms with Crippen LogP contribution in [0.2, 0.25) is 0 Å². The molecule has 1 heterocycles. The second kappa shape index (κ2) is 7.55. The lowest BCUT2D eigenvalue weighted by atomic mass is 10.1. The largest absolute Gasteiger partial charge is 0.368 e. The summed E-state index contributed by atoms with van der Waals surface area (Å²) in [4.78, 5) is 12.4. The van der Waals surface area contributed by atoms with Crippen LogP contribution in [0.5, 0.6) is 0 Å². The van der Waals surface area contributed by atoms with E-state index in [4.69, 9.17) is 5.73 Å². The van der Waals surface area contributed by atoms with E-state index in [2.05, 4.69) is 42.3 Å². The van der Waals surface area contributed by atoms with E-state index >= 15 is 0 Å². The number of nitrogens with zero attached hydrogens (tertiary/aromatic N) is 4. The molecule has 0 saturated carbocycles. The molecular weight excluding hydrogens is 380 g/mol. The zero-order valence-corrected chi connectivity index (χ0v) is 14.6. The van der Waals surface area contributed by atoms with Crippen molar-refractivity contribution in [3.05, 3.63) is 70.5 Å². The molecule has 0 amide bonds. The van der Waals surface area contributed by atoms with Crippen molar-refractivity contribution < 1.29 is 0 Å². The van der Waals surface area contributed by atoms with E-state index in [1.54, 1.807) is 6.08 Å². The van der Waals surface area contributed by atoms with Crippen LogP contribution in [0.15, 0.2) is 59.1 Å². The number of para-hydroxylation sites is 1. The maximum atomic E-state index is 9.49. The van der Waals surface area contributed by atoms with E-state index in [1.807, 2.05) is 54.6 Å². The number of nitrogens with two attached hydrogens (primary N) is 1. The Kier molecular flexibility index (Phi) is 5.02. The van der Waals surface area contributed by atoms with Gasteiger partial charge in [-0.2, -0.15) is 20.2 Å². The van der Waals surface area contributed by atoms with E-state index in [1.165, 1.54) is 0 Å². The number of allylic oxidation sites excluding steroid dienone is 1. The number of benzene rings is 2. The Hall–Kier alpha value is -3.24. The van der Waals surface area contributed by atoms with Crippen molar-refractivity contribution >= 4 is 45.2 Å². The smallest absolute Gasteiger partial charge is 0.232 e. The van der Waals surface area contributed by atoms with Crippen LogP contribution < -0.4 is 11.1 Å². The Morgan fingerprint density at radius 2 is 1.88 bits per heavy atom. The summed E-state index contributed by atoms with van der Waals surface area (Å²) in [6.45, 7) is 0. The van der Waals surface area contributed by atoms with Crippen LogP contribution in [0.4, 0.5) is 17.6 Å². The molecule has 6 nitrogen and oxygen atoms in total. The average Bonchev–Trinajstić information content (AvgIpc) is 2.60. The number of anilines is 3. The third-order valence-electron chi connectivity index (χ3n) is 3.20. The summed E-state index contributed by atoms with van der Waals surface area (Å²) in [5.41, 5.74) is 7.73. The number of halogens is 1. The van der Waals surface area contributed by atoms with Gasteiger partial charge in [0.15, 0.2) is 5.82 Å². The lowest BCUT2D eigenvalue weighted by Crippen LogP contribution is -2.06. The van der Waals surface area contributed by atoms with Gasteiger partial charge < -0.3 is 11.1 Å². The minimum atomic E-state index is 0.0406. The third kappa shape index (κ3) is 4.40.